The molecule has 1 aromatic rings. The quantitative estimate of drug-likeness (QED) is 0.856. The topological polar surface area (TPSA) is 49.6 Å². The van der Waals surface area contributed by atoms with Crippen LogP contribution in [0.3, 0.4) is 0 Å². The number of hydrogen-bond acceptors (Lipinski definition) is 3. The van der Waals surface area contributed by atoms with E-state index < -0.39 is 0 Å². The van der Waals surface area contributed by atoms with E-state index in [4.69, 9.17) is 5.73 Å². The van der Waals surface area contributed by atoms with Gasteiger partial charge in [-0.3, -0.25) is 9.69 Å². The molecular weight excluding hydrogens is 250 g/mol. The largest absolute Gasteiger partial charge is 0.398 e. The normalized spacial score (nSPS) is 17.2. The van der Waals surface area contributed by atoms with E-state index in [1.165, 1.54) is 6.42 Å². The summed E-state index contributed by atoms with van der Waals surface area (Å²) in [5.41, 5.74) is 7.83. The molecule has 20 heavy (non-hydrogen) atoms. The SMILES string of the molecule is CC(C(=O)N1CCCCC1)N(C)Cc1ccccc1N. The van der Waals surface area contributed by atoms with Gasteiger partial charge in [0.1, 0.15) is 0 Å². The van der Waals surface area contributed by atoms with Crippen molar-refractivity contribution in [2.24, 2.45) is 0 Å². The third kappa shape index (κ3) is 3.51. The van der Waals surface area contributed by atoms with E-state index in [9.17, 15) is 4.79 Å². The second kappa shape index (κ2) is 6.75. The number of amides is 1. The molecule has 2 rings (SSSR count). The van der Waals surface area contributed by atoms with Gasteiger partial charge in [0.15, 0.2) is 0 Å². The van der Waals surface area contributed by atoms with Crippen LogP contribution in [-0.4, -0.2) is 41.9 Å². The Morgan fingerprint density at radius 3 is 2.60 bits per heavy atom. The molecule has 1 aliphatic rings. The van der Waals surface area contributed by atoms with Gasteiger partial charge in [-0.05, 0) is 44.9 Å². The number of nitrogens with two attached hydrogens (primary N) is 1. The van der Waals surface area contributed by atoms with Crippen LogP contribution in [0.5, 0.6) is 0 Å². The number of para-hydroxylation sites is 1. The van der Waals surface area contributed by atoms with Crippen LogP contribution in [-0.2, 0) is 11.3 Å². The van der Waals surface area contributed by atoms with Gasteiger partial charge < -0.3 is 10.6 Å². The highest BCUT2D eigenvalue weighted by atomic mass is 16.2. The number of anilines is 1. The van der Waals surface area contributed by atoms with E-state index in [1.54, 1.807) is 0 Å². The zero-order valence-corrected chi connectivity index (χ0v) is 12.5. The Hall–Kier alpha value is -1.55. The molecule has 4 nitrogen and oxygen atoms in total. The molecule has 110 valence electrons. The van der Waals surface area contributed by atoms with Crippen molar-refractivity contribution in [1.82, 2.24) is 9.80 Å². The standard InChI is InChI=1S/C16H25N3O/c1-13(16(20)19-10-6-3-7-11-19)18(2)12-14-8-4-5-9-15(14)17/h4-5,8-9,13H,3,6-7,10-12,17H2,1-2H3. The van der Waals surface area contributed by atoms with E-state index in [0.29, 0.717) is 6.54 Å². The van der Waals surface area contributed by atoms with Gasteiger partial charge in [-0.2, -0.15) is 0 Å². The van der Waals surface area contributed by atoms with Crippen molar-refractivity contribution in [3.63, 3.8) is 0 Å². The smallest absolute Gasteiger partial charge is 0.239 e. The molecular formula is C16H25N3O. The van der Waals surface area contributed by atoms with Gasteiger partial charge in [0.2, 0.25) is 5.91 Å². The zero-order chi connectivity index (χ0) is 14.5. The first-order chi connectivity index (χ1) is 9.59. The number of nitrogen functional groups attached to an aromatic ring is 1. The van der Waals surface area contributed by atoms with Crippen molar-refractivity contribution >= 4 is 11.6 Å². The summed E-state index contributed by atoms with van der Waals surface area (Å²) in [6.07, 6.45) is 3.51. The van der Waals surface area contributed by atoms with Gasteiger partial charge in [0, 0.05) is 25.3 Å². The molecule has 0 spiro atoms. The fraction of sp³-hybridized carbons (Fsp3) is 0.562. The summed E-state index contributed by atoms with van der Waals surface area (Å²) in [6.45, 7) is 4.50. The maximum atomic E-state index is 12.5. The number of piperidine rings is 1. The predicted molar refractivity (Wildman–Crippen MR) is 82.2 cm³/mol. The van der Waals surface area contributed by atoms with E-state index in [0.717, 1.165) is 37.2 Å². The Kier molecular flexibility index (Phi) is 5.01. The van der Waals surface area contributed by atoms with Gasteiger partial charge in [0.25, 0.3) is 0 Å². The Labute approximate surface area is 121 Å². The molecule has 1 heterocycles. The summed E-state index contributed by atoms with van der Waals surface area (Å²) < 4.78 is 0. The van der Waals surface area contributed by atoms with Crippen LogP contribution in [0.1, 0.15) is 31.7 Å². The molecule has 1 aliphatic heterocycles. The number of benzene rings is 1. The average Bonchev–Trinajstić information content (AvgIpc) is 2.49. The Bertz CT molecular complexity index is 455. The van der Waals surface area contributed by atoms with Gasteiger partial charge in [-0.1, -0.05) is 18.2 Å². The summed E-state index contributed by atoms with van der Waals surface area (Å²) >= 11 is 0. The molecule has 0 saturated carbocycles. The number of carbonyl (C=O) groups excluding carboxylic acids is 1. The van der Waals surface area contributed by atoms with Crippen molar-refractivity contribution in [3.05, 3.63) is 29.8 Å². The van der Waals surface area contributed by atoms with Crippen molar-refractivity contribution in [3.8, 4) is 0 Å². The number of hydrogen-bond donors (Lipinski definition) is 1. The Morgan fingerprint density at radius 2 is 1.95 bits per heavy atom. The summed E-state index contributed by atoms with van der Waals surface area (Å²) in [6, 6.07) is 7.73. The fourth-order valence-electron chi connectivity index (χ4n) is 2.65. The summed E-state index contributed by atoms with van der Waals surface area (Å²) in [4.78, 5) is 16.5. The molecule has 0 radical (unpaired) electrons. The molecule has 1 fully saturated rings. The number of rotatable bonds is 4. The maximum Gasteiger partial charge on any atom is 0.239 e. The first-order valence-corrected chi connectivity index (χ1v) is 7.42. The fourth-order valence-corrected chi connectivity index (χ4v) is 2.65. The first-order valence-electron chi connectivity index (χ1n) is 7.42. The molecule has 4 heteroatoms. The lowest BCUT2D eigenvalue weighted by Gasteiger charge is -2.33. The second-order valence-electron chi connectivity index (χ2n) is 5.68. The highest BCUT2D eigenvalue weighted by Crippen LogP contribution is 2.16. The molecule has 1 saturated heterocycles. The zero-order valence-electron chi connectivity index (χ0n) is 12.5. The van der Waals surface area contributed by atoms with Gasteiger partial charge in [-0.25, -0.2) is 0 Å². The monoisotopic (exact) mass is 275 g/mol. The molecule has 0 bridgehead atoms. The second-order valence-corrected chi connectivity index (χ2v) is 5.68. The summed E-state index contributed by atoms with van der Waals surface area (Å²) in [5.74, 6) is 0.238. The van der Waals surface area contributed by atoms with Crippen LogP contribution >= 0.6 is 0 Å². The molecule has 1 unspecified atom stereocenters. The average molecular weight is 275 g/mol. The van der Waals surface area contributed by atoms with Gasteiger partial charge >= 0.3 is 0 Å². The molecule has 2 N–H and O–H groups in total. The predicted octanol–water partition coefficient (Wildman–Crippen LogP) is 2.10. The lowest BCUT2D eigenvalue weighted by Crippen LogP contribution is -2.47. The minimum atomic E-state index is -0.104. The molecule has 1 amide bonds. The van der Waals surface area contributed by atoms with E-state index in [1.807, 2.05) is 43.1 Å². The summed E-state index contributed by atoms with van der Waals surface area (Å²) in [5, 5.41) is 0. The van der Waals surface area contributed by atoms with E-state index >= 15 is 0 Å². The number of likely N-dealkylation sites (tertiary alicyclic amines) is 1. The molecule has 1 atom stereocenters. The van der Waals surface area contributed by atoms with Gasteiger partial charge in [-0.15, -0.1) is 0 Å². The lowest BCUT2D eigenvalue weighted by molar-refractivity contribution is -0.137. The van der Waals surface area contributed by atoms with E-state index in [2.05, 4.69) is 4.90 Å². The van der Waals surface area contributed by atoms with Crippen LogP contribution in [0.15, 0.2) is 24.3 Å². The molecule has 1 aromatic carbocycles. The van der Waals surface area contributed by atoms with Crippen molar-refractivity contribution < 1.29 is 4.79 Å². The van der Waals surface area contributed by atoms with Crippen LogP contribution in [0, 0.1) is 0 Å². The molecule has 0 aliphatic carbocycles. The summed E-state index contributed by atoms with van der Waals surface area (Å²) in [7, 11) is 1.99. The number of nitrogens with zero attached hydrogens (tertiary/aromatic N) is 2. The van der Waals surface area contributed by atoms with E-state index in [-0.39, 0.29) is 11.9 Å². The maximum absolute atomic E-state index is 12.5. The highest BCUT2D eigenvalue weighted by molar-refractivity contribution is 5.81. The lowest BCUT2D eigenvalue weighted by atomic mass is 10.1. The third-order valence-corrected chi connectivity index (χ3v) is 4.16. The van der Waals surface area contributed by atoms with Crippen molar-refractivity contribution in [2.45, 2.75) is 38.8 Å². The molecule has 0 aromatic heterocycles. The van der Waals surface area contributed by atoms with Gasteiger partial charge in [0.05, 0.1) is 6.04 Å². The van der Waals surface area contributed by atoms with Crippen molar-refractivity contribution in [1.29, 1.82) is 0 Å². The van der Waals surface area contributed by atoms with Crippen LogP contribution < -0.4 is 5.73 Å². The first kappa shape index (κ1) is 14.9. The Morgan fingerprint density at radius 1 is 1.30 bits per heavy atom. The number of likely N-dealkylation sites (N-methyl/N-ethyl adjacent to an activating group) is 1. The number of carbonyl (C=O) groups is 1. The minimum Gasteiger partial charge on any atom is -0.398 e. The van der Waals surface area contributed by atoms with Crippen LogP contribution in [0.25, 0.3) is 0 Å². The Balaban J connectivity index is 1.95. The highest BCUT2D eigenvalue weighted by Gasteiger charge is 2.25. The minimum absolute atomic E-state index is 0.104. The van der Waals surface area contributed by atoms with Crippen LogP contribution in [0.2, 0.25) is 0 Å². The third-order valence-electron chi connectivity index (χ3n) is 4.16. The van der Waals surface area contributed by atoms with Crippen molar-refractivity contribution in [2.75, 3.05) is 25.9 Å². The van der Waals surface area contributed by atoms with Crippen LogP contribution in [0.4, 0.5) is 5.69 Å².